The summed E-state index contributed by atoms with van der Waals surface area (Å²) in [5.74, 6) is -0.362. The van der Waals surface area contributed by atoms with Gasteiger partial charge in [0.25, 0.3) is 0 Å². The van der Waals surface area contributed by atoms with Crippen LogP contribution in [0.3, 0.4) is 0 Å². The van der Waals surface area contributed by atoms with E-state index >= 15 is 0 Å². The number of nitrogens with one attached hydrogen (secondary N) is 2. The Bertz CT molecular complexity index is 807. The lowest BCUT2D eigenvalue weighted by Gasteiger charge is -1.98. The minimum Gasteiger partial charge on any atom is -0.302 e. The van der Waals surface area contributed by atoms with Gasteiger partial charge in [0.05, 0.1) is 22.3 Å². The number of nitrogens with zero attached hydrogens (tertiary/aromatic N) is 2. The molecule has 0 radical (unpaired) electrons. The fourth-order valence-corrected chi connectivity index (χ4v) is 3.49. The number of aromatic nitrogens is 2. The standard InChI is InChI=1S/C14H12N4O2S2/c1-8(19)15-13-16-9(7-21-13)6-12(20)18-14-17-10-4-2-3-5-11(10)22-14/h2-5,7H,6H2,1H3,(H,15,16,19)(H,17,18,20). The maximum atomic E-state index is 12.0. The van der Waals surface area contributed by atoms with E-state index in [4.69, 9.17) is 0 Å². The molecule has 0 spiro atoms. The number of thiazole rings is 2. The van der Waals surface area contributed by atoms with Crippen LogP contribution >= 0.6 is 22.7 Å². The average Bonchev–Trinajstić information content (AvgIpc) is 3.03. The van der Waals surface area contributed by atoms with Crippen LogP contribution < -0.4 is 10.6 Å². The highest BCUT2D eigenvalue weighted by molar-refractivity contribution is 7.22. The van der Waals surface area contributed by atoms with Crippen molar-refractivity contribution in [2.75, 3.05) is 10.6 Å². The molecule has 2 amide bonds. The first-order chi connectivity index (χ1) is 10.6. The number of fused-ring (bicyclic) bond motifs is 1. The van der Waals surface area contributed by atoms with E-state index in [0.29, 0.717) is 16.0 Å². The van der Waals surface area contributed by atoms with E-state index in [1.165, 1.54) is 29.6 Å². The van der Waals surface area contributed by atoms with Gasteiger partial charge in [0.1, 0.15) is 0 Å². The molecule has 0 aliphatic carbocycles. The van der Waals surface area contributed by atoms with Crippen LogP contribution in [0.15, 0.2) is 29.6 Å². The van der Waals surface area contributed by atoms with Gasteiger partial charge in [-0.3, -0.25) is 9.59 Å². The van der Waals surface area contributed by atoms with Crippen molar-refractivity contribution in [3.8, 4) is 0 Å². The molecule has 0 fully saturated rings. The molecule has 0 atom stereocenters. The molecular formula is C14H12N4O2S2. The molecule has 0 saturated heterocycles. The summed E-state index contributed by atoms with van der Waals surface area (Å²) < 4.78 is 1.03. The van der Waals surface area contributed by atoms with Gasteiger partial charge in [0, 0.05) is 12.3 Å². The van der Waals surface area contributed by atoms with Gasteiger partial charge in [0.2, 0.25) is 11.8 Å². The monoisotopic (exact) mass is 332 g/mol. The Morgan fingerprint density at radius 3 is 2.73 bits per heavy atom. The number of carbonyl (C=O) groups excluding carboxylic acids is 2. The van der Waals surface area contributed by atoms with Crippen LogP contribution in [-0.4, -0.2) is 21.8 Å². The van der Waals surface area contributed by atoms with Gasteiger partial charge in [-0.2, -0.15) is 0 Å². The second kappa shape index (κ2) is 6.20. The quantitative estimate of drug-likeness (QED) is 0.769. The van der Waals surface area contributed by atoms with Crippen molar-refractivity contribution in [2.24, 2.45) is 0 Å². The third kappa shape index (κ3) is 3.46. The van der Waals surface area contributed by atoms with E-state index in [9.17, 15) is 9.59 Å². The second-order valence-electron chi connectivity index (χ2n) is 4.54. The Balaban J connectivity index is 1.64. The topological polar surface area (TPSA) is 84.0 Å². The zero-order valence-corrected chi connectivity index (χ0v) is 13.3. The number of rotatable bonds is 4. The fraction of sp³-hybridized carbons (Fsp3) is 0.143. The van der Waals surface area contributed by atoms with Crippen molar-refractivity contribution in [3.05, 3.63) is 35.3 Å². The number of para-hydroxylation sites is 1. The van der Waals surface area contributed by atoms with Crippen molar-refractivity contribution < 1.29 is 9.59 Å². The molecule has 3 rings (SSSR count). The summed E-state index contributed by atoms with van der Waals surface area (Å²) in [7, 11) is 0. The van der Waals surface area contributed by atoms with E-state index in [2.05, 4.69) is 20.6 Å². The Labute approximate surface area is 134 Å². The summed E-state index contributed by atoms with van der Waals surface area (Å²) in [4.78, 5) is 31.5. The normalized spacial score (nSPS) is 10.6. The highest BCUT2D eigenvalue weighted by Crippen LogP contribution is 2.25. The van der Waals surface area contributed by atoms with Crippen molar-refractivity contribution in [1.82, 2.24) is 9.97 Å². The molecule has 1 aromatic carbocycles. The lowest BCUT2D eigenvalue weighted by molar-refractivity contribution is -0.116. The highest BCUT2D eigenvalue weighted by Gasteiger charge is 2.11. The van der Waals surface area contributed by atoms with Crippen LogP contribution in [0.4, 0.5) is 10.3 Å². The lowest BCUT2D eigenvalue weighted by Crippen LogP contribution is -2.14. The zero-order chi connectivity index (χ0) is 15.5. The molecule has 0 bridgehead atoms. The van der Waals surface area contributed by atoms with Gasteiger partial charge in [0.15, 0.2) is 10.3 Å². The first kappa shape index (κ1) is 14.6. The van der Waals surface area contributed by atoms with Crippen molar-refractivity contribution >= 4 is 55.0 Å². The molecular weight excluding hydrogens is 320 g/mol. The predicted octanol–water partition coefficient (Wildman–Crippen LogP) is 2.89. The maximum absolute atomic E-state index is 12.0. The van der Waals surface area contributed by atoms with Crippen molar-refractivity contribution in [3.63, 3.8) is 0 Å². The first-order valence-corrected chi connectivity index (χ1v) is 8.17. The van der Waals surface area contributed by atoms with Gasteiger partial charge in [-0.05, 0) is 12.1 Å². The smallest absolute Gasteiger partial charge is 0.232 e. The van der Waals surface area contributed by atoms with Gasteiger partial charge in [-0.1, -0.05) is 23.5 Å². The van der Waals surface area contributed by atoms with Crippen LogP contribution in [0.2, 0.25) is 0 Å². The number of anilines is 2. The minimum atomic E-state index is -0.182. The number of amides is 2. The number of benzene rings is 1. The van der Waals surface area contributed by atoms with E-state index in [1.54, 1.807) is 5.38 Å². The fourth-order valence-electron chi connectivity index (χ4n) is 1.85. The maximum Gasteiger partial charge on any atom is 0.232 e. The molecule has 8 heteroatoms. The summed E-state index contributed by atoms with van der Waals surface area (Å²) in [5, 5.41) is 8.19. The second-order valence-corrected chi connectivity index (χ2v) is 6.43. The molecule has 112 valence electrons. The Hall–Kier alpha value is -2.32. The summed E-state index contributed by atoms with van der Waals surface area (Å²) in [6.07, 6.45) is 0.145. The van der Waals surface area contributed by atoms with Crippen LogP contribution in [0.5, 0.6) is 0 Å². The number of hydrogen-bond acceptors (Lipinski definition) is 6. The van der Waals surface area contributed by atoms with Crippen molar-refractivity contribution in [1.29, 1.82) is 0 Å². The summed E-state index contributed by atoms with van der Waals surface area (Å²) in [5.41, 5.74) is 1.48. The van der Waals surface area contributed by atoms with Crippen LogP contribution in [0, 0.1) is 0 Å². The lowest BCUT2D eigenvalue weighted by atomic mass is 10.3. The van der Waals surface area contributed by atoms with Crippen molar-refractivity contribution in [2.45, 2.75) is 13.3 Å². The minimum absolute atomic E-state index is 0.145. The highest BCUT2D eigenvalue weighted by atomic mass is 32.1. The Kier molecular flexibility index (Phi) is 4.12. The van der Waals surface area contributed by atoms with Gasteiger partial charge >= 0.3 is 0 Å². The van der Waals surface area contributed by atoms with E-state index in [-0.39, 0.29) is 18.2 Å². The third-order valence-corrected chi connectivity index (χ3v) is 4.47. The number of hydrogen-bond donors (Lipinski definition) is 2. The molecule has 2 aromatic heterocycles. The van der Waals surface area contributed by atoms with E-state index in [0.717, 1.165) is 10.2 Å². The van der Waals surface area contributed by atoms with Gasteiger partial charge < -0.3 is 10.6 Å². The molecule has 0 unspecified atom stereocenters. The molecule has 0 saturated carbocycles. The Morgan fingerprint density at radius 2 is 1.95 bits per heavy atom. The molecule has 0 aliphatic rings. The van der Waals surface area contributed by atoms with Crippen LogP contribution in [0.1, 0.15) is 12.6 Å². The third-order valence-electron chi connectivity index (χ3n) is 2.72. The summed E-state index contributed by atoms with van der Waals surface area (Å²) in [6.45, 7) is 1.42. The van der Waals surface area contributed by atoms with E-state index in [1.807, 2.05) is 24.3 Å². The van der Waals surface area contributed by atoms with Crippen LogP contribution in [0.25, 0.3) is 10.2 Å². The molecule has 0 aliphatic heterocycles. The van der Waals surface area contributed by atoms with E-state index < -0.39 is 0 Å². The Morgan fingerprint density at radius 1 is 1.14 bits per heavy atom. The van der Waals surface area contributed by atoms with Gasteiger partial charge in [-0.15, -0.1) is 11.3 Å². The zero-order valence-electron chi connectivity index (χ0n) is 11.6. The predicted molar refractivity (Wildman–Crippen MR) is 88.4 cm³/mol. The molecule has 2 heterocycles. The summed E-state index contributed by atoms with van der Waals surface area (Å²) in [6, 6.07) is 7.71. The van der Waals surface area contributed by atoms with Crippen LogP contribution in [-0.2, 0) is 16.0 Å². The molecule has 2 N–H and O–H groups in total. The molecule has 6 nitrogen and oxygen atoms in total. The molecule has 3 aromatic rings. The SMILES string of the molecule is CC(=O)Nc1nc(CC(=O)Nc2nc3ccccc3s2)cs1. The number of carbonyl (C=O) groups is 2. The van der Waals surface area contributed by atoms with Gasteiger partial charge in [-0.25, -0.2) is 9.97 Å². The average molecular weight is 332 g/mol. The first-order valence-electron chi connectivity index (χ1n) is 6.47. The largest absolute Gasteiger partial charge is 0.302 e. The molecule has 22 heavy (non-hydrogen) atoms. The summed E-state index contributed by atoms with van der Waals surface area (Å²) >= 11 is 2.73.